The average Bonchev–Trinajstić information content (AvgIpc) is 3.11. The van der Waals surface area contributed by atoms with Gasteiger partial charge in [-0.25, -0.2) is 8.42 Å². The van der Waals surface area contributed by atoms with Crippen molar-refractivity contribution in [1.82, 2.24) is 14.8 Å². The summed E-state index contributed by atoms with van der Waals surface area (Å²) in [5, 5.41) is 1.04. The molecule has 3 aromatic rings. The van der Waals surface area contributed by atoms with Gasteiger partial charge in [0.25, 0.3) is 10.0 Å². The van der Waals surface area contributed by atoms with Crippen LogP contribution in [0.1, 0.15) is 11.1 Å². The standard InChI is InChI=1S/C22H26N4O2S/c1-3-17-6-4-5-7-22(17)29(27,28)24-19-8-9-21-20(14-19)18(15-23-21)16-26-12-10-25(2)11-13-26/h3-9,14-15,23-24H,1,10-13,16H2,2H3. The van der Waals surface area contributed by atoms with Crippen LogP contribution in [0.3, 0.4) is 0 Å². The molecule has 2 heterocycles. The molecule has 1 aliphatic heterocycles. The van der Waals surface area contributed by atoms with Crippen LogP contribution in [0.2, 0.25) is 0 Å². The highest BCUT2D eigenvalue weighted by molar-refractivity contribution is 7.92. The number of nitrogens with one attached hydrogen (secondary N) is 2. The van der Waals surface area contributed by atoms with Crippen LogP contribution in [-0.2, 0) is 16.6 Å². The molecule has 1 aromatic heterocycles. The van der Waals surface area contributed by atoms with Gasteiger partial charge in [0.2, 0.25) is 0 Å². The predicted molar refractivity (Wildman–Crippen MR) is 118 cm³/mol. The van der Waals surface area contributed by atoms with Gasteiger partial charge in [0.05, 0.1) is 4.90 Å². The first-order valence-electron chi connectivity index (χ1n) is 9.71. The molecule has 0 atom stereocenters. The first-order chi connectivity index (χ1) is 14.0. The summed E-state index contributed by atoms with van der Waals surface area (Å²) in [7, 11) is -1.56. The molecule has 7 heteroatoms. The Morgan fingerprint density at radius 3 is 2.66 bits per heavy atom. The highest BCUT2D eigenvalue weighted by Crippen LogP contribution is 2.26. The normalized spacial score (nSPS) is 16.2. The van der Waals surface area contributed by atoms with Gasteiger partial charge in [-0.1, -0.05) is 30.9 Å². The van der Waals surface area contributed by atoms with E-state index in [0.29, 0.717) is 11.3 Å². The number of hydrogen-bond acceptors (Lipinski definition) is 4. The van der Waals surface area contributed by atoms with Crippen LogP contribution < -0.4 is 4.72 Å². The number of aromatic nitrogens is 1. The number of rotatable bonds is 6. The number of aromatic amines is 1. The number of anilines is 1. The van der Waals surface area contributed by atoms with Gasteiger partial charge < -0.3 is 9.88 Å². The fourth-order valence-electron chi connectivity index (χ4n) is 3.72. The van der Waals surface area contributed by atoms with Crippen LogP contribution in [0.4, 0.5) is 5.69 Å². The topological polar surface area (TPSA) is 68.4 Å². The van der Waals surface area contributed by atoms with Gasteiger partial charge in [0, 0.05) is 55.5 Å². The molecule has 0 aliphatic carbocycles. The lowest BCUT2D eigenvalue weighted by Crippen LogP contribution is -2.43. The van der Waals surface area contributed by atoms with Crippen molar-refractivity contribution in [3.05, 3.63) is 66.4 Å². The van der Waals surface area contributed by atoms with E-state index in [4.69, 9.17) is 0 Å². The van der Waals surface area contributed by atoms with Gasteiger partial charge in [-0.05, 0) is 42.4 Å². The van der Waals surface area contributed by atoms with Crippen molar-refractivity contribution in [3.63, 3.8) is 0 Å². The molecule has 0 saturated carbocycles. The minimum atomic E-state index is -3.70. The van der Waals surface area contributed by atoms with Crippen LogP contribution in [0.5, 0.6) is 0 Å². The maximum atomic E-state index is 12.9. The van der Waals surface area contributed by atoms with Gasteiger partial charge in [-0.15, -0.1) is 0 Å². The summed E-state index contributed by atoms with van der Waals surface area (Å²) >= 11 is 0. The van der Waals surface area contributed by atoms with E-state index >= 15 is 0 Å². The minimum Gasteiger partial charge on any atom is -0.361 e. The molecular formula is C22H26N4O2S. The molecule has 29 heavy (non-hydrogen) atoms. The SMILES string of the molecule is C=Cc1ccccc1S(=O)(=O)Nc1ccc2[nH]cc(CN3CCN(C)CC3)c2c1. The molecular weight excluding hydrogens is 384 g/mol. The Kier molecular flexibility index (Phi) is 5.45. The van der Waals surface area contributed by atoms with Crippen molar-refractivity contribution in [3.8, 4) is 0 Å². The number of H-pyrrole nitrogens is 1. The highest BCUT2D eigenvalue weighted by atomic mass is 32.2. The molecule has 0 bridgehead atoms. The highest BCUT2D eigenvalue weighted by Gasteiger charge is 2.19. The van der Waals surface area contributed by atoms with Gasteiger partial charge in [0.15, 0.2) is 0 Å². The van der Waals surface area contributed by atoms with Crippen molar-refractivity contribution in [2.45, 2.75) is 11.4 Å². The van der Waals surface area contributed by atoms with Crippen molar-refractivity contribution < 1.29 is 8.42 Å². The molecule has 2 N–H and O–H groups in total. The molecule has 0 unspecified atom stereocenters. The second-order valence-corrected chi connectivity index (χ2v) is 9.15. The number of fused-ring (bicyclic) bond motifs is 1. The Morgan fingerprint density at radius 2 is 1.90 bits per heavy atom. The second kappa shape index (κ2) is 8.02. The Morgan fingerprint density at radius 1 is 1.14 bits per heavy atom. The lowest BCUT2D eigenvalue weighted by molar-refractivity contribution is 0.148. The molecule has 6 nitrogen and oxygen atoms in total. The van der Waals surface area contributed by atoms with Crippen LogP contribution in [0.15, 0.2) is 60.1 Å². The molecule has 1 saturated heterocycles. The minimum absolute atomic E-state index is 0.224. The van der Waals surface area contributed by atoms with Crippen molar-refractivity contribution in [2.75, 3.05) is 37.9 Å². The smallest absolute Gasteiger partial charge is 0.262 e. The summed E-state index contributed by atoms with van der Waals surface area (Å²) in [5.41, 5.74) is 3.31. The molecule has 1 fully saturated rings. The van der Waals surface area contributed by atoms with E-state index in [1.807, 2.05) is 18.3 Å². The Hall–Kier alpha value is -2.61. The number of likely N-dealkylation sites (N-methyl/N-ethyl adjacent to an activating group) is 1. The van der Waals surface area contributed by atoms with Crippen LogP contribution in [0, 0.1) is 0 Å². The maximum absolute atomic E-state index is 12.9. The maximum Gasteiger partial charge on any atom is 0.262 e. The zero-order valence-electron chi connectivity index (χ0n) is 16.6. The van der Waals surface area contributed by atoms with Gasteiger partial charge in [-0.2, -0.15) is 0 Å². The number of piperazine rings is 1. The summed E-state index contributed by atoms with van der Waals surface area (Å²) < 4.78 is 28.5. The quantitative estimate of drug-likeness (QED) is 0.654. The van der Waals surface area contributed by atoms with E-state index in [9.17, 15) is 8.42 Å². The summed E-state index contributed by atoms with van der Waals surface area (Å²) in [6.07, 6.45) is 3.58. The molecule has 0 spiro atoms. The molecule has 1 aliphatic rings. The van der Waals surface area contributed by atoms with Crippen molar-refractivity contribution >= 4 is 32.7 Å². The summed E-state index contributed by atoms with van der Waals surface area (Å²) in [5.74, 6) is 0. The first kappa shape index (κ1) is 19.7. The van der Waals surface area contributed by atoms with Crippen LogP contribution in [-0.4, -0.2) is 56.4 Å². The summed E-state index contributed by atoms with van der Waals surface area (Å²) in [6.45, 7) is 8.77. The zero-order valence-corrected chi connectivity index (χ0v) is 17.4. The Balaban J connectivity index is 1.59. The fourth-order valence-corrected chi connectivity index (χ4v) is 4.99. The lowest BCUT2D eigenvalue weighted by atomic mass is 10.1. The van der Waals surface area contributed by atoms with Gasteiger partial charge in [-0.3, -0.25) is 9.62 Å². The van der Waals surface area contributed by atoms with E-state index in [-0.39, 0.29) is 4.90 Å². The van der Waals surface area contributed by atoms with Crippen molar-refractivity contribution in [1.29, 1.82) is 0 Å². The second-order valence-electron chi connectivity index (χ2n) is 7.50. The van der Waals surface area contributed by atoms with E-state index in [2.05, 4.69) is 33.1 Å². The van der Waals surface area contributed by atoms with E-state index < -0.39 is 10.0 Å². The Bertz CT molecular complexity index is 1130. The molecule has 0 radical (unpaired) electrons. The number of sulfonamides is 1. The van der Waals surface area contributed by atoms with Crippen LogP contribution >= 0.6 is 0 Å². The third-order valence-corrected chi connectivity index (χ3v) is 6.89. The van der Waals surface area contributed by atoms with E-state index in [0.717, 1.165) is 43.6 Å². The molecule has 4 rings (SSSR count). The number of nitrogens with zero attached hydrogens (tertiary/aromatic N) is 2. The third-order valence-electron chi connectivity index (χ3n) is 5.44. The average molecular weight is 411 g/mol. The monoisotopic (exact) mass is 410 g/mol. The Labute approximate surface area is 171 Å². The van der Waals surface area contributed by atoms with Gasteiger partial charge in [0.1, 0.15) is 0 Å². The largest absolute Gasteiger partial charge is 0.361 e. The lowest BCUT2D eigenvalue weighted by Gasteiger charge is -2.32. The molecule has 152 valence electrons. The first-order valence-corrected chi connectivity index (χ1v) is 11.2. The molecule has 0 amide bonds. The molecule has 2 aromatic carbocycles. The predicted octanol–water partition coefficient (Wildman–Crippen LogP) is 3.36. The summed E-state index contributed by atoms with van der Waals surface area (Å²) in [6, 6.07) is 12.5. The van der Waals surface area contributed by atoms with Crippen molar-refractivity contribution in [2.24, 2.45) is 0 Å². The van der Waals surface area contributed by atoms with Gasteiger partial charge >= 0.3 is 0 Å². The third kappa shape index (κ3) is 4.22. The van der Waals surface area contributed by atoms with E-state index in [1.54, 1.807) is 36.4 Å². The number of hydrogen-bond donors (Lipinski definition) is 2. The summed E-state index contributed by atoms with van der Waals surface area (Å²) in [4.78, 5) is 8.29. The zero-order chi connectivity index (χ0) is 20.4. The van der Waals surface area contributed by atoms with Crippen LogP contribution in [0.25, 0.3) is 17.0 Å². The number of benzene rings is 2. The fraction of sp³-hybridized carbons (Fsp3) is 0.273. The van der Waals surface area contributed by atoms with E-state index in [1.165, 1.54) is 5.56 Å².